The third-order valence-corrected chi connectivity index (χ3v) is 1.47. The monoisotopic (exact) mass is 135 g/mol. The summed E-state index contributed by atoms with van der Waals surface area (Å²) in [6, 6.07) is 7.57. The van der Waals surface area contributed by atoms with E-state index in [9.17, 15) is 0 Å². The maximum Gasteiger partial charge on any atom is 0.0711 e. The molecule has 0 saturated carbocycles. The van der Waals surface area contributed by atoms with E-state index >= 15 is 0 Å². The van der Waals surface area contributed by atoms with Crippen LogP contribution in [0.4, 0.5) is 0 Å². The lowest BCUT2D eigenvalue weighted by atomic mass is 10.2. The lowest BCUT2D eigenvalue weighted by molar-refractivity contribution is 0.282. The molecule has 2 heteroatoms. The molecule has 0 aliphatic heterocycles. The number of aliphatic hydroxyl groups is 1. The summed E-state index contributed by atoms with van der Waals surface area (Å²) in [6.07, 6.45) is 0. The maximum atomic E-state index is 8.61. The highest BCUT2D eigenvalue weighted by molar-refractivity contribution is 6.32. The SMILES string of the molecule is OCc1ccc([Si])cc1. The Balaban J connectivity index is 2.88. The second-order valence-electron chi connectivity index (χ2n) is 1.86. The zero-order chi connectivity index (χ0) is 6.69. The number of hydrogen-bond acceptors (Lipinski definition) is 1. The Hall–Kier alpha value is -0.603. The number of benzene rings is 1. The Morgan fingerprint density at radius 3 is 2.22 bits per heavy atom. The number of rotatable bonds is 1. The molecule has 0 fully saturated rings. The van der Waals surface area contributed by atoms with Crippen LogP contribution in [0.15, 0.2) is 24.3 Å². The highest BCUT2D eigenvalue weighted by Crippen LogP contribution is 1.93. The quantitative estimate of drug-likeness (QED) is 0.536. The molecule has 1 rings (SSSR count). The van der Waals surface area contributed by atoms with E-state index in [4.69, 9.17) is 5.11 Å². The summed E-state index contributed by atoms with van der Waals surface area (Å²) in [4.78, 5) is 0. The van der Waals surface area contributed by atoms with Crippen LogP contribution < -0.4 is 5.19 Å². The predicted octanol–water partition coefficient (Wildman–Crippen LogP) is -0.0273. The molecule has 0 bridgehead atoms. The molecule has 0 saturated heterocycles. The van der Waals surface area contributed by atoms with E-state index in [1.165, 1.54) is 0 Å². The van der Waals surface area contributed by atoms with Gasteiger partial charge in [-0.3, -0.25) is 0 Å². The van der Waals surface area contributed by atoms with Gasteiger partial charge in [-0.25, -0.2) is 0 Å². The largest absolute Gasteiger partial charge is 0.392 e. The third kappa shape index (κ3) is 1.66. The van der Waals surface area contributed by atoms with E-state index in [1.807, 2.05) is 24.3 Å². The summed E-state index contributed by atoms with van der Waals surface area (Å²) in [7, 11) is 3.34. The van der Waals surface area contributed by atoms with Crippen molar-refractivity contribution in [3.8, 4) is 0 Å². The molecule has 1 aromatic rings. The van der Waals surface area contributed by atoms with Crippen molar-refractivity contribution in [2.24, 2.45) is 0 Å². The molecule has 0 aliphatic rings. The standard InChI is InChI=1S/C7H7OSi/c8-5-6-1-3-7(9)4-2-6/h1-4,8H,5H2. The lowest BCUT2D eigenvalue weighted by Crippen LogP contribution is -2.00. The van der Waals surface area contributed by atoms with Gasteiger partial charge in [0, 0.05) is 0 Å². The van der Waals surface area contributed by atoms with Crippen LogP contribution in [0.5, 0.6) is 0 Å². The van der Waals surface area contributed by atoms with Gasteiger partial charge in [-0.05, 0) is 5.56 Å². The minimum absolute atomic E-state index is 0.118. The molecular formula is C7H7OSi. The molecule has 0 aliphatic carbocycles. The van der Waals surface area contributed by atoms with Gasteiger partial charge in [0.2, 0.25) is 0 Å². The first kappa shape index (κ1) is 6.52. The molecule has 0 spiro atoms. The molecule has 0 atom stereocenters. The fourth-order valence-electron chi connectivity index (χ4n) is 0.610. The van der Waals surface area contributed by atoms with E-state index in [-0.39, 0.29) is 6.61 Å². The summed E-state index contributed by atoms with van der Waals surface area (Å²) in [6.45, 7) is 0.118. The summed E-state index contributed by atoms with van der Waals surface area (Å²) < 4.78 is 0. The number of hydrogen-bond donors (Lipinski definition) is 1. The molecule has 0 unspecified atom stereocenters. The van der Waals surface area contributed by atoms with Gasteiger partial charge in [-0.2, -0.15) is 0 Å². The first-order valence-corrected chi connectivity index (χ1v) is 3.24. The molecule has 1 N–H and O–H groups in total. The van der Waals surface area contributed by atoms with Crippen molar-refractivity contribution in [1.29, 1.82) is 0 Å². The molecule has 0 amide bonds. The molecule has 0 heterocycles. The fraction of sp³-hybridized carbons (Fsp3) is 0.143. The highest BCUT2D eigenvalue weighted by Gasteiger charge is 1.85. The topological polar surface area (TPSA) is 20.2 Å². The van der Waals surface area contributed by atoms with Gasteiger partial charge in [-0.1, -0.05) is 29.5 Å². The third-order valence-electron chi connectivity index (χ3n) is 1.14. The van der Waals surface area contributed by atoms with Crippen LogP contribution in [-0.4, -0.2) is 15.3 Å². The summed E-state index contributed by atoms with van der Waals surface area (Å²) >= 11 is 0. The van der Waals surface area contributed by atoms with Crippen LogP contribution in [0.25, 0.3) is 0 Å². The average Bonchev–Trinajstić information content (AvgIpc) is 1.90. The second kappa shape index (κ2) is 2.80. The van der Waals surface area contributed by atoms with Gasteiger partial charge in [0.15, 0.2) is 0 Å². The molecule has 1 nitrogen and oxygen atoms in total. The smallest absolute Gasteiger partial charge is 0.0711 e. The van der Waals surface area contributed by atoms with Gasteiger partial charge in [0.1, 0.15) is 0 Å². The summed E-state index contributed by atoms with van der Waals surface area (Å²) in [5.41, 5.74) is 0.942. The van der Waals surface area contributed by atoms with Crippen LogP contribution >= 0.6 is 0 Å². The molecule has 1 aromatic carbocycles. The minimum atomic E-state index is 0.118. The van der Waals surface area contributed by atoms with Crippen molar-refractivity contribution in [1.82, 2.24) is 0 Å². The van der Waals surface area contributed by atoms with Crippen LogP contribution in [-0.2, 0) is 6.61 Å². The Labute approximate surface area is 57.8 Å². The minimum Gasteiger partial charge on any atom is -0.392 e. The summed E-state index contributed by atoms with van der Waals surface area (Å²) in [5.74, 6) is 0. The Morgan fingerprint density at radius 1 is 1.22 bits per heavy atom. The van der Waals surface area contributed by atoms with E-state index in [0.29, 0.717) is 0 Å². The van der Waals surface area contributed by atoms with E-state index < -0.39 is 0 Å². The molecule has 0 aromatic heterocycles. The average molecular weight is 135 g/mol. The second-order valence-corrected chi connectivity index (χ2v) is 2.43. The Morgan fingerprint density at radius 2 is 1.78 bits per heavy atom. The van der Waals surface area contributed by atoms with Crippen molar-refractivity contribution < 1.29 is 5.11 Å². The first-order chi connectivity index (χ1) is 4.33. The number of aliphatic hydroxyl groups excluding tert-OH is 1. The lowest BCUT2D eigenvalue weighted by Gasteiger charge is -1.93. The van der Waals surface area contributed by atoms with Crippen molar-refractivity contribution in [2.45, 2.75) is 6.61 Å². The van der Waals surface area contributed by atoms with E-state index in [0.717, 1.165) is 10.8 Å². The maximum absolute atomic E-state index is 8.61. The molecule has 9 heavy (non-hydrogen) atoms. The van der Waals surface area contributed by atoms with Crippen molar-refractivity contribution >= 4 is 15.4 Å². The van der Waals surface area contributed by atoms with Crippen LogP contribution in [0.1, 0.15) is 5.56 Å². The zero-order valence-electron chi connectivity index (χ0n) is 4.96. The normalized spacial score (nSPS) is 9.56. The molecular weight excluding hydrogens is 128 g/mol. The van der Waals surface area contributed by atoms with E-state index in [2.05, 4.69) is 10.2 Å². The van der Waals surface area contributed by atoms with Gasteiger partial charge in [0.05, 0.1) is 16.8 Å². The van der Waals surface area contributed by atoms with E-state index in [1.54, 1.807) is 0 Å². The predicted molar refractivity (Wildman–Crippen MR) is 37.8 cm³/mol. The van der Waals surface area contributed by atoms with Gasteiger partial charge >= 0.3 is 0 Å². The highest BCUT2D eigenvalue weighted by atomic mass is 28.1. The molecule has 45 valence electrons. The van der Waals surface area contributed by atoms with Crippen LogP contribution in [0.3, 0.4) is 0 Å². The zero-order valence-corrected chi connectivity index (χ0v) is 5.96. The fourth-order valence-corrected chi connectivity index (χ4v) is 0.777. The van der Waals surface area contributed by atoms with Crippen LogP contribution in [0.2, 0.25) is 0 Å². The first-order valence-electron chi connectivity index (χ1n) is 2.74. The Bertz CT molecular complexity index is 181. The summed E-state index contributed by atoms with van der Waals surface area (Å²) in [5, 5.41) is 9.65. The molecule has 3 radical (unpaired) electrons. The Kier molecular flexibility index (Phi) is 2.03. The van der Waals surface area contributed by atoms with Crippen LogP contribution in [0, 0.1) is 0 Å². The van der Waals surface area contributed by atoms with Crippen molar-refractivity contribution in [3.63, 3.8) is 0 Å². The van der Waals surface area contributed by atoms with Gasteiger partial charge < -0.3 is 5.11 Å². The van der Waals surface area contributed by atoms with Gasteiger partial charge in [-0.15, -0.1) is 0 Å². The van der Waals surface area contributed by atoms with Crippen molar-refractivity contribution in [2.75, 3.05) is 0 Å². The van der Waals surface area contributed by atoms with Crippen molar-refractivity contribution in [3.05, 3.63) is 29.8 Å². The van der Waals surface area contributed by atoms with Gasteiger partial charge in [0.25, 0.3) is 0 Å².